The van der Waals surface area contributed by atoms with Gasteiger partial charge in [0.1, 0.15) is 5.75 Å². The van der Waals surface area contributed by atoms with Crippen molar-refractivity contribution >= 4 is 17.4 Å². The molecular formula is C22H24N2O3. The van der Waals surface area contributed by atoms with Gasteiger partial charge in [-0.25, -0.2) is 0 Å². The van der Waals surface area contributed by atoms with Crippen LogP contribution in [0.4, 0.5) is 5.69 Å². The number of phenols is 1. The highest BCUT2D eigenvalue weighted by molar-refractivity contribution is 6.06. The molecule has 2 aliphatic rings. The van der Waals surface area contributed by atoms with Crippen molar-refractivity contribution in [2.75, 3.05) is 18.4 Å². The first-order valence-corrected chi connectivity index (χ1v) is 9.60. The lowest BCUT2D eigenvalue weighted by atomic mass is 9.78. The molecule has 5 nitrogen and oxygen atoms in total. The lowest BCUT2D eigenvalue weighted by Crippen LogP contribution is -2.34. The van der Waals surface area contributed by atoms with E-state index in [-0.39, 0.29) is 23.4 Å². The minimum absolute atomic E-state index is 0.0560. The van der Waals surface area contributed by atoms with E-state index in [1.165, 1.54) is 5.56 Å². The highest BCUT2D eigenvalue weighted by Gasteiger charge is 2.33. The molecule has 0 bridgehead atoms. The van der Waals surface area contributed by atoms with E-state index in [1.807, 2.05) is 18.2 Å². The minimum Gasteiger partial charge on any atom is -0.506 e. The predicted molar refractivity (Wildman–Crippen MR) is 104 cm³/mol. The Bertz CT molecular complexity index is 877. The van der Waals surface area contributed by atoms with E-state index in [0.29, 0.717) is 25.1 Å². The molecule has 0 fully saturated rings. The van der Waals surface area contributed by atoms with Gasteiger partial charge in [0, 0.05) is 24.4 Å². The van der Waals surface area contributed by atoms with Crippen molar-refractivity contribution in [3.05, 3.63) is 58.7 Å². The first-order chi connectivity index (χ1) is 13.1. The van der Waals surface area contributed by atoms with Crippen molar-refractivity contribution in [1.29, 1.82) is 0 Å². The van der Waals surface area contributed by atoms with Crippen LogP contribution in [0.15, 0.2) is 36.4 Å². The molecule has 0 saturated heterocycles. The number of rotatable bonds is 5. The van der Waals surface area contributed by atoms with Crippen LogP contribution in [0.25, 0.3) is 0 Å². The molecular weight excluding hydrogens is 340 g/mol. The third-order valence-electron chi connectivity index (χ3n) is 5.56. The van der Waals surface area contributed by atoms with Gasteiger partial charge in [-0.05, 0) is 55.0 Å². The number of aryl methyl sites for hydroxylation is 1. The van der Waals surface area contributed by atoms with Gasteiger partial charge in [0.15, 0.2) is 5.78 Å². The van der Waals surface area contributed by atoms with Crippen molar-refractivity contribution in [1.82, 2.24) is 5.32 Å². The molecule has 1 heterocycles. The van der Waals surface area contributed by atoms with E-state index < -0.39 is 0 Å². The Morgan fingerprint density at radius 1 is 1.11 bits per heavy atom. The van der Waals surface area contributed by atoms with Gasteiger partial charge < -0.3 is 15.7 Å². The van der Waals surface area contributed by atoms with Gasteiger partial charge >= 0.3 is 0 Å². The number of benzene rings is 2. The Labute approximate surface area is 158 Å². The number of phenolic OH excluding ortho intramolecular Hbond substituents is 1. The average molecular weight is 364 g/mol. The molecule has 140 valence electrons. The molecule has 1 aliphatic heterocycles. The fraction of sp³-hybridized carbons (Fsp3) is 0.364. The number of carbonyl (C=O) groups is 2. The first kappa shape index (κ1) is 17.7. The number of Topliss-reactive ketones (excluding diaryl/α,β-unsaturated/α-hetero) is 1. The van der Waals surface area contributed by atoms with Gasteiger partial charge in [-0.15, -0.1) is 0 Å². The molecule has 4 rings (SSSR count). The number of hydrogen-bond donors (Lipinski definition) is 3. The van der Waals surface area contributed by atoms with Gasteiger partial charge in [0.2, 0.25) is 5.91 Å². The SMILES string of the molecule is O=C1CCc2c(c(O)cc3c2C(=O)C(CNCCc2ccccc2)CC3)N1. The Morgan fingerprint density at radius 3 is 2.74 bits per heavy atom. The number of anilines is 1. The topological polar surface area (TPSA) is 78.4 Å². The second kappa shape index (κ2) is 7.53. The van der Waals surface area contributed by atoms with E-state index in [9.17, 15) is 14.7 Å². The zero-order valence-electron chi connectivity index (χ0n) is 15.3. The van der Waals surface area contributed by atoms with Gasteiger partial charge in [0.25, 0.3) is 0 Å². The van der Waals surface area contributed by atoms with E-state index in [4.69, 9.17) is 0 Å². The number of ketones is 1. The van der Waals surface area contributed by atoms with Gasteiger partial charge in [-0.1, -0.05) is 30.3 Å². The van der Waals surface area contributed by atoms with E-state index in [2.05, 4.69) is 22.8 Å². The Hall–Kier alpha value is -2.66. The summed E-state index contributed by atoms with van der Waals surface area (Å²) in [5, 5.41) is 16.4. The Balaban J connectivity index is 1.45. The van der Waals surface area contributed by atoms with Gasteiger partial charge in [0.05, 0.1) is 5.69 Å². The van der Waals surface area contributed by atoms with Crippen LogP contribution < -0.4 is 10.6 Å². The maximum absolute atomic E-state index is 13.1. The van der Waals surface area contributed by atoms with Crippen molar-refractivity contribution in [2.24, 2.45) is 5.92 Å². The largest absolute Gasteiger partial charge is 0.506 e. The van der Waals surface area contributed by atoms with E-state index in [1.54, 1.807) is 6.07 Å². The number of hydrogen-bond acceptors (Lipinski definition) is 4. The smallest absolute Gasteiger partial charge is 0.224 e. The van der Waals surface area contributed by atoms with Crippen molar-refractivity contribution in [3.8, 4) is 5.75 Å². The summed E-state index contributed by atoms with van der Waals surface area (Å²) in [7, 11) is 0. The second-order valence-corrected chi connectivity index (χ2v) is 7.37. The molecule has 1 aliphatic carbocycles. The monoisotopic (exact) mass is 364 g/mol. The molecule has 5 heteroatoms. The Morgan fingerprint density at radius 2 is 1.93 bits per heavy atom. The van der Waals surface area contributed by atoms with Crippen molar-refractivity contribution in [2.45, 2.75) is 32.1 Å². The first-order valence-electron chi connectivity index (χ1n) is 9.60. The summed E-state index contributed by atoms with van der Waals surface area (Å²) in [6.45, 7) is 1.50. The molecule has 0 saturated carbocycles. The number of fused-ring (bicyclic) bond motifs is 3. The summed E-state index contributed by atoms with van der Waals surface area (Å²) >= 11 is 0. The minimum atomic E-state index is -0.111. The molecule has 2 aromatic carbocycles. The molecule has 0 aromatic heterocycles. The standard InChI is InChI=1S/C22H24N2O3/c25-18-12-15-6-7-16(13-23-11-10-14-4-2-1-3-5-14)22(27)20(15)17-8-9-19(26)24-21(17)18/h1-5,12,16,23,25H,6-11,13H2,(H,24,26). The van der Waals surface area contributed by atoms with E-state index in [0.717, 1.165) is 42.5 Å². The van der Waals surface area contributed by atoms with Crippen molar-refractivity contribution in [3.63, 3.8) is 0 Å². The molecule has 3 N–H and O–H groups in total. The van der Waals surface area contributed by atoms with Crippen LogP contribution in [0.5, 0.6) is 5.75 Å². The zero-order chi connectivity index (χ0) is 18.8. The van der Waals surface area contributed by atoms with Crippen molar-refractivity contribution < 1.29 is 14.7 Å². The normalized spacial score (nSPS) is 18.6. The molecule has 0 spiro atoms. The summed E-state index contributed by atoms with van der Waals surface area (Å²) in [5.74, 6) is 0.0413. The third kappa shape index (κ3) is 3.60. The van der Waals surface area contributed by atoms with Crippen LogP contribution in [0, 0.1) is 5.92 Å². The molecule has 1 unspecified atom stereocenters. The van der Waals surface area contributed by atoms with Crippen LogP contribution in [0.3, 0.4) is 0 Å². The zero-order valence-corrected chi connectivity index (χ0v) is 15.3. The van der Waals surface area contributed by atoms with Crippen LogP contribution in [0.2, 0.25) is 0 Å². The molecule has 0 radical (unpaired) electrons. The van der Waals surface area contributed by atoms with E-state index >= 15 is 0 Å². The average Bonchev–Trinajstić information content (AvgIpc) is 2.68. The lowest BCUT2D eigenvalue weighted by Gasteiger charge is -2.29. The summed E-state index contributed by atoms with van der Waals surface area (Å²) in [6, 6.07) is 11.9. The predicted octanol–water partition coefficient (Wildman–Crippen LogP) is 2.85. The fourth-order valence-electron chi connectivity index (χ4n) is 4.13. The second-order valence-electron chi connectivity index (χ2n) is 7.37. The lowest BCUT2D eigenvalue weighted by molar-refractivity contribution is -0.116. The highest BCUT2D eigenvalue weighted by Crippen LogP contribution is 2.40. The van der Waals surface area contributed by atoms with Crippen LogP contribution >= 0.6 is 0 Å². The maximum atomic E-state index is 13.1. The summed E-state index contributed by atoms with van der Waals surface area (Å²) in [6.07, 6.45) is 3.37. The van der Waals surface area contributed by atoms with Gasteiger partial charge in [-0.3, -0.25) is 9.59 Å². The number of carbonyl (C=O) groups excluding carboxylic acids is 2. The third-order valence-corrected chi connectivity index (χ3v) is 5.56. The molecule has 2 aromatic rings. The van der Waals surface area contributed by atoms with Crippen LogP contribution in [-0.4, -0.2) is 29.9 Å². The number of amides is 1. The summed E-state index contributed by atoms with van der Waals surface area (Å²) in [4.78, 5) is 24.8. The Kier molecular flexibility index (Phi) is 4.94. The van der Waals surface area contributed by atoms with Crippen LogP contribution in [0.1, 0.15) is 39.9 Å². The fourth-order valence-corrected chi connectivity index (χ4v) is 4.13. The number of nitrogens with one attached hydrogen (secondary N) is 2. The molecule has 1 atom stereocenters. The summed E-state index contributed by atoms with van der Waals surface area (Å²) in [5.41, 5.74) is 4.15. The molecule has 27 heavy (non-hydrogen) atoms. The number of aromatic hydroxyl groups is 1. The maximum Gasteiger partial charge on any atom is 0.224 e. The summed E-state index contributed by atoms with van der Waals surface area (Å²) < 4.78 is 0. The van der Waals surface area contributed by atoms with Crippen LogP contribution in [-0.2, 0) is 24.1 Å². The highest BCUT2D eigenvalue weighted by atomic mass is 16.3. The molecule has 1 amide bonds. The van der Waals surface area contributed by atoms with Gasteiger partial charge in [-0.2, -0.15) is 0 Å². The quantitative estimate of drug-likeness (QED) is 0.563.